The van der Waals surface area contributed by atoms with Gasteiger partial charge in [0.1, 0.15) is 0 Å². The van der Waals surface area contributed by atoms with Crippen LogP contribution < -0.4 is 4.74 Å². The molecule has 1 atom stereocenters. The van der Waals surface area contributed by atoms with Crippen LogP contribution in [0.1, 0.15) is 30.4 Å². The average Bonchev–Trinajstić information content (AvgIpc) is 3.01. The van der Waals surface area contributed by atoms with Crippen LogP contribution in [0.15, 0.2) is 12.3 Å². The summed E-state index contributed by atoms with van der Waals surface area (Å²) >= 11 is 0. The molecule has 0 spiro atoms. The zero-order valence-electron chi connectivity index (χ0n) is 14.0. The van der Waals surface area contributed by atoms with E-state index >= 15 is 0 Å². The number of nitrogens with zero attached hydrogens (tertiary/aromatic N) is 2. The number of alkyl halides is 2. The van der Waals surface area contributed by atoms with Crippen LogP contribution >= 0.6 is 0 Å². The van der Waals surface area contributed by atoms with E-state index in [0.29, 0.717) is 18.8 Å². The molecule has 1 amide bonds. The van der Waals surface area contributed by atoms with Gasteiger partial charge in [-0.2, -0.15) is 0 Å². The molecule has 2 fully saturated rings. The third kappa shape index (κ3) is 3.25. The fraction of sp³-hybridized carbons (Fsp3) is 0.625. The van der Waals surface area contributed by atoms with Crippen molar-refractivity contribution >= 4 is 6.09 Å². The highest BCUT2D eigenvalue weighted by Crippen LogP contribution is 2.43. The lowest BCUT2D eigenvalue weighted by Crippen LogP contribution is -2.47. The number of carboxylic acid groups (broad SMARTS) is 1. The van der Waals surface area contributed by atoms with Gasteiger partial charge in [-0.15, -0.1) is 0 Å². The molecule has 1 N–H and O–H groups in total. The van der Waals surface area contributed by atoms with Gasteiger partial charge >= 0.3 is 6.09 Å². The monoisotopic (exact) mass is 358 g/mol. The molecule has 138 valence electrons. The molecule has 0 saturated carbocycles. The predicted octanol–water partition coefficient (Wildman–Crippen LogP) is 2.41. The molecule has 7 nitrogen and oxygen atoms in total. The van der Waals surface area contributed by atoms with Gasteiger partial charge in [0.25, 0.3) is 5.92 Å². The van der Waals surface area contributed by atoms with Crippen LogP contribution in [0, 0.1) is 0 Å². The SMILES string of the molecule is COc1ncc(C2CN(C(=O)O)CCC2(F)F)cc1C1(C)OCCO1. The summed E-state index contributed by atoms with van der Waals surface area (Å²) in [7, 11) is 1.42. The summed E-state index contributed by atoms with van der Waals surface area (Å²) in [4.78, 5) is 16.3. The van der Waals surface area contributed by atoms with Crippen molar-refractivity contribution in [2.24, 2.45) is 0 Å². The van der Waals surface area contributed by atoms with E-state index < -0.39 is 30.1 Å². The number of methoxy groups -OCH3 is 1. The number of amides is 1. The lowest BCUT2D eigenvalue weighted by atomic mass is 9.87. The van der Waals surface area contributed by atoms with Crippen LogP contribution in [0.4, 0.5) is 13.6 Å². The van der Waals surface area contributed by atoms with Crippen LogP contribution in [0.25, 0.3) is 0 Å². The van der Waals surface area contributed by atoms with Gasteiger partial charge in [0.15, 0.2) is 5.79 Å². The molecule has 2 aliphatic heterocycles. The van der Waals surface area contributed by atoms with Gasteiger partial charge in [-0.1, -0.05) is 0 Å². The van der Waals surface area contributed by atoms with E-state index in [9.17, 15) is 13.6 Å². The van der Waals surface area contributed by atoms with Crippen molar-refractivity contribution in [1.29, 1.82) is 0 Å². The van der Waals surface area contributed by atoms with E-state index in [-0.39, 0.29) is 24.5 Å². The Labute approximate surface area is 143 Å². The Morgan fingerprint density at radius 2 is 2.12 bits per heavy atom. The van der Waals surface area contributed by atoms with Crippen molar-refractivity contribution in [2.75, 3.05) is 33.4 Å². The highest BCUT2D eigenvalue weighted by Gasteiger charge is 2.47. The second-order valence-electron chi connectivity index (χ2n) is 6.26. The summed E-state index contributed by atoms with van der Waals surface area (Å²) in [6.07, 6.45) is -0.447. The third-order valence-electron chi connectivity index (χ3n) is 4.69. The van der Waals surface area contributed by atoms with Crippen molar-refractivity contribution in [3.05, 3.63) is 23.4 Å². The maximum absolute atomic E-state index is 14.4. The first-order valence-electron chi connectivity index (χ1n) is 7.95. The molecule has 2 aliphatic rings. The van der Waals surface area contributed by atoms with Crippen LogP contribution in [-0.4, -0.2) is 60.4 Å². The largest absolute Gasteiger partial charge is 0.481 e. The second-order valence-corrected chi connectivity index (χ2v) is 6.26. The molecule has 3 heterocycles. The fourth-order valence-electron chi connectivity index (χ4n) is 3.24. The van der Waals surface area contributed by atoms with Crippen LogP contribution in [0.2, 0.25) is 0 Å². The number of carbonyl (C=O) groups is 1. The molecule has 1 aromatic rings. The Morgan fingerprint density at radius 1 is 1.44 bits per heavy atom. The van der Waals surface area contributed by atoms with Gasteiger partial charge in [-0.25, -0.2) is 18.6 Å². The molecule has 0 aromatic carbocycles. The summed E-state index contributed by atoms with van der Waals surface area (Å²) in [6.45, 7) is 1.92. The summed E-state index contributed by atoms with van der Waals surface area (Å²) in [5, 5.41) is 9.13. The number of hydrogen-bond donors (Lipinski definition) is 1. The number of halogens is 2. The zero-order valence-corrected chi connectivity index (χ0v) is 14.0. The predicted molar refractivity (Wildman–Crippen MR) is 81.9 cm³/mol. The topological polar surface area (TPSA) is 81.1 Å². The number of pyridine rings is 1. The third-order valence-corrected chi connectivity index (χ3v) is 4.69. The van der Waals surface area contributed by atoms with E-state index in [1.165, 1.54) is 19.4 Å². The smallest absolute Gasteiger partial charge is 0.407 e. The second kappa shape index (κ2) is 6.38. The first-order valence-corrected chi connectivity index (χ1v) is 7.95. The maximum Gasteiger partial charge on any atom is 0.407 e. The Morgan fingerprint density at radius 3 is 2.72 bits per heavy atom. The molecule has 9 heteroatoms. The van der Waals surface area contributed by atoms with Gasteiger partial charge in [-0.05, 0) is 18.6 Å². The van der Waals surface area contributed by atoms with E-state index in [4.69, 9.17) is 19.3 Å². The van der Waals surface area contributed by atoms with E-state index in [0.717, 1.165) is 4.90 Å². The summed E-state index contributed by atoms with van der Waals surface area (Å²) in [6, 6.07) is 1.51. The Kier molecular flexibility index (Phi) is 4.54. The first-order chi connectivity index (χ1) is 11.8. The molecule has 1 aromatic heterocycles. The van der Waals surface area contributed by atoms with E-state index in [1.54, 1.807) is 6.92 Å². The fourth-order valence-corrected chi connectivity index (χ4v) is 3.24. The van der Waals surface area contributed by atoms with Crippen LogP contribution in [0.3, 0.4) is 0 Å². The standard InChI is InChI=1S/C16H20F2N2O5/c1-15(24-5-6-25-15)11-7-10(8-19-13(11)23-2)12-9-20(14(21)22)4-3-16(12,17)18/h7-8,12H,3-6,9H2,1-2H3,(H,21,22). The number of aromatic nitrogens is 1. The van der Waals surface area contributed by atoms with Crippen molar-refractivity contribution < 1.29 is 32.9 Å². The molecule has 25 heavy (non-hydrogen) atoms. The number of hydrogen-bond acceptors (Lipinski definition) is 5. The number of likely N-dealkylation sites (tertiary alicyclic amines) is 1. The number of piperidine rings is 1. The summed E-state index contributed by atoms with van der Waals surface area (Å²) < 4.78 is 45.3. The number of rotatable bonds is 3. The van der Waals surface area contributed by atoms with Crippen molar-refractivity contribution in [2.45, 2.75) is 31.0 Å². The van der Waals surface area contributed by atoms with E-state index in [2.05, 4.69) is 4.98 Å². The molecule has 0 radical (unpaired) electrons. The van der Waals surface area contributed by atoms with E-state index in [1.807, 2.05) is 0 Å². The highest BCUT2D eigenvalue weighted by atomic mass is 19.3. The van der Waals surface area contributed by atoms with Crippen molar-refractivity contribution in [3.8, 4) is 5.88 Å². The molecular formula is C16H20F2N2O5. The maximum atomic E-state index is 14.4. The molecular weight excluding hydrogens is 338 g/mol. The van der Waals surface area contributed by atoms with Gasteiger partial charge in [0.05, 0.1) is 31.8 Å². The molecule has 2 saturated heterocycles. The quantitative estimate of drug-likeness (QED) is 0.894. The zero-order chi connectivity index (χ0) is 18.2. The minimum Gasteiger partial charge on any atom is -0.481 e. The molecule has 3 rings (SSSR count). The molecule has 1 unspecified atom stereocenters. The van der Waals surface area contributed by atoms with Crippen molar-refractivity contribution in [3.63, 3.8) is 0 Å². The summed E-state index contributed by atoms with van der Waals surface area (Å²) in [5.74, 6) is -5.23. The van der Waals surface area contributed by atoms with Gasteiger partial charge in [0.2, 0.25) is 5.88 Å². The van der Waals surface area contributed by atoms with Crippen LogP contribution in [-0.2, 0) is 15.3 Å². The van der Waals surface area contributed by atoms with Gasteiger partial charge in [0, 0.05) is 25.7 Å². The van der Waals surface area contributed by atoms with Gasteiger partial charge < -0.3 is 24.2 Å². The minimum atomic E-state index is -3.03. The minimum absolute atomic E-state index is 0.195. The lowest BCUT2D eigenvalue weighted by molar-refractivity contribution is -0.151. The van der Waals surface area contributed by atoms with Crippen molar-refractivity contribution in [1.82, 2.24) is 9.88 Å². The highest BCUT2D eigenvalue weighted by molar-refractivity contribution is 5.65. The lowest BCUT2D eigenvalue weighted by Gasteiger charge is -2.37. The Bertz CT molecular complexity index is 664. The molecule has 0 aliphatic carbocycles. The number of ether oxygens (including phenoxy) is 3. The normalized spacial score (nSPS) is 25.0. The molecule has 0 bridgehead atoms. The van der Waals surface area contributed by atoms with Crippen LogP contribution in [0.5, 0.6) is 5.88 Å². The van der Waals surface area contributed by atoms with Gasteiger partial charge in [-0.3, -0.25) is 0 Å². The average molecular weight is 358 g/mol. The Balaban J connectivity index is 1.99. The summed E-state index contributed by atoms with van der Waals surface area (Å²) in [5.41, 5.74) is 0.639. The first kappa shape index (κ1) is 17.8. The Hall–Kier alpha value is -2.00.